The van der Waals surface area contributed by atoms with Crippen LogP contribution in [-0.4, -0.2) is 78.4 Å². The van der Waals surface area contributed by atoms with Crippen molar-refractivity contribution in [1.29, 1.82) is 0 Å². The van der Waals surface area contributed by atoms with Gasteiger partial charge in [-0.25, -0.2) is 9.59 Å². The first-order valence-corrected chi connectivity index (χ1v) is 11.3. The van der Waals surface area contributed by atoms with Gasteiger partial charge < -0.3 is 30.1 Å². The summed E-state index contributed by atoms with van der Waals surface area (Å²) in [6, 6.07) is 7.85. The molecule has 8 heteroatoms. The lowest BCUT2D eigenvalue weighted by molar-refractivity contribution is -0.108. The molecular formula is C23H37N5O3. The van der Waals surface area contributed by atoms with Crippen LogP contribution in [0.15, 0.2) is 24.3 Å². The first-order chi connectivity index (χ1) is 14.9. The zero-order chi connectivity index (χ0) is 22.8. The fourth-order valence-electron chi connectivity index (χ4n) is 3.91. The third-order valence-corrected chi connectivity index (χ3v) is 6.16. The van der Waals surface area contributed by atoms with E-state index in [1.54, 1.807) is 29.2 Å². The van der Waals surface area contributed by atoms with Crippen molar-refractivity contribution in [3.63, 3.8) is 0 Å². The quantitative estimate of drug-likeness (QED) is 0.551. The smallest absolute Gasteiger partial charge is 0.321 e. The summed E-state index contributed by atoms with van der Waals surface area (Å²) in [6.07, 6.45) is 4.50. The average molecular weight is 432 g/mol. The van der Waals surface area contributed by atoms with Crippen LogP contribution >= 0.6 is 0 Å². The van der Waals surface area contributed by atoms with E-state index in [1.165, 1.54) is 12.8 Å². The maximum Gasteiger partial charge on any atom is 0.321 e. The van der Waals surface area contributed by atoms with Crippen molar-refractivity contribution in [1.82, 2.24) is 14.7 Å². The third kappa shape index (κ3) is 7.24. The van der Waals surface area contributed by atoms with Crippen LogP contribution in [0.25, 0.3) is 0 Å². The Morgan fingerprint density at radius 1 is 1.00 bits per heavy atom. The van der Waals surface area contributed by atoms with Gasteiger partial charge in [-0.15, -0.1) is 0 Å². The maximum absolute atomic E-state index is 12.7. The molecule has 1 aliphatic rings. The molecule has 0 bridgehead atoms. The Kier molecular flexibility index (Phi) is 9.78. The molecule has 31 heavy (non-hydrogen) atoms. The van der Waals surface area contributed by atoms with Crippen molar-refractivity contribution >= 4 is 29.7 Å². The van der Waals surface area contributed by atoms with Crippen molar-refractivity contribution in [3.05, 3.63) is 24.3 Å². The minimum atomic E-state index is -0.246. The van der Waals surface area contributed by atoms with Crippen LogP contribution in [-0.2, 0) is 4.79 Å². The maximum atomic E-state index is 12.7. The van der Waals surface area contributed by atoms with Gasteiger partial charge in [-0.05, 0) is 71.3 Å². The number of likely N-dealkylation sites (tertiary alicyclic amines) is 1. The van der Waals surface area contributed by atoms with Crippen LogP contribution in [0.5, 0.6) is 0 Å². The molecule has 1 heterocycles. The number of nitrogens with one attached hydrogen (secondary N) is 2. The summed E-state index contributed by atoms with van der Waals surface area (Å²) in [4.78, 5) is 41.3. The molecular weight excluding hydrogens is 394 g/mol. The Morgan fingerprint density at radius 2 is 1.52 bits per heavy atom. The van der Waals surface area contributed by atoms with Crippen LogP contribution in [0, 0.1) is 0 Å². The number of aldehydes is 1. The highest BCUT2D eigenvalue weighted by Gasteiger charge is 2.27. The first-order valence-electron chi connectivity index (χ1n) is 11.3. The number of urea groups is 2. The fourth-order valence-corrected chi connectivity index (χ4v) is 3.91. The lowest BCUT2D eigenvalue weighted by Crippen LogP contribution is -2.39. The third-order valence-electron chi connectivity index (χ3n) is 6.16. The molecule has 1 aromatic carbocycles. The van der Waals surface area contributed by atoms with E-state index in [4.69, 9.17) is 0 Å². The van der Waals surface area contributed by atoms with Crippen LogP contribution in [0.3, 0.4) is 0 Å². The van der Waals surface area contributed by atoms with Crippen molar-refractivity contribution in [2.24, 2.45) is 0 Å². The number of benzene rings is 1. The summed E-state index contributed by atoms with van der Waals surface area (Å²) in [5, 5.41) is 5.76. The monoisotopic (exact) mass is 431 g/mol. The molecule has 2 rings (SSSR count). The van der Waals surface area contributed by atoms with Gasteiger partial charge in [-0.3, -0.25) is 0 Å². The Bertz CT molecular complexity index is 724. The highest BCUT2D eigenvalue weighted by Crippen LogP contribution is 2.24. The molecule has 0 spiro atoms. The average Bonchev–Trinajstić information content (AvgIpc) is 3.08. The Balaban J connectivity index is 1.85. The Labute approximate surface area is 185 Å². The van der Waals surface area contributed by atoms with Crippen molar-refractivity contribution < 1.29 is 14.4 Å². The number of carbonyl (C=O) groups excluding carboxylic acids is 3. The Hall–Kier alpha value is -2.61. The number of anilines is 2. The van der Waals surface area contributed by atoms with E-state index >= 15 is 0 Å². The predicted molar refractivity (Wildman–Crippen MR) is 125 cm³/mol. The van der Waals surface area contributed by atoms with Gasteiger partial charge in [-0.2, -0.15) is 0 Å². The molecule has 2 unspecified atom stereocenters. The molecule has 1 fully saturated rings. The summed E-state index contributed by atoms with van der Waals surface area (Å²) in [5.74, 6) is 0. The topological polar surface area (TPSA) is 85.0 Å². The molecule has 0 aliphatic carbocycles. The number of nitrogens with zero attached hydrogens (tertiary/aromatic N) is 3. The highest BCUT2D eigenvalue weighted by molar-refractivity contribution is 5.91. The molecule has 2 atom stereocenters. The van der Waals surface area contributed by atoms with Crippen molar-refractivity contribution in [2.75, 3.05) is 43.9 Å². The van der Waals surface area contributed by atoms with Gasteiger partial charge in [-0.1, -0.05) is 0 Å². The van der Waals surface area contributed by atoms with E-state index in [0.29, 0.717) is 49.5 Å². The molecule has 2 N–H and O–H groups in total. The second kappa shape index (κ2) is 12.3. The van der Waals surface area contributed by atoms with E-state index < -0.39 is 0 Å². The van der Waals surface area contributed by atoms with Gasteiger partial charge in [0.05, 0.1) is 0 Å². The van der Waals surface area contributed by atoms with Gasteiger partial charge in [0, 0.05) is 56.1 Å². The van der Waals surface area contributed by atoms with Gasteiger partial charge in [0.15, 0.2) is 0 Å². The Morgan fingerprint density at radius 3 is 1.94 bits per heavy atom. The van der Waals surface area contributed by atoms with Crippen molar-refractivity contribution in [2.45, 2.75) is 58.5 Å². The number of hydrogen-bond donors (Lipinski definition) is 2. The van der Waals surface area contributed by atoms with E-state index in [1.807, 2.05) is 18.7 Å². The zero-order valence-corrected chi connectivity index (χ0v) is 19.3. The zero-order valence-electron chi connectivity index (χ0n) is 19.3. The minimum absolute atomic E-state index is 0.112. The largest absolute Gasteiger partial charge is 0.325 e. The molecule has 1 aliphatic heterocycles. The normalized spacial score (nSPS) is 18.5. The van der Waals surface area contributed by atoms with E-state index in [9.17, 15) is 14.4 Å². The summed E-state index contributed by atoms with van der Waals surface area (Å²) in [7, 11) is 2.17. The van der Waals surface area contributed by atoms with Gasteiger partial charge in [0.1, 0.15) is 6.29 Å². The number of rotatable bonds is 10. The van der Waals surface area contributed by atoms with Crippen LogP contribution in [0.4, 0.5) is 21.0 Å². The lowest BCUT2D eigenvalue weighted by Gasteiger charge is -2.27. The summed E-state index contributed by atoms with van der Waals surface area (Å²) >= 11 is 0. The van der Waals surface area contributed by atoms with Crippen molar-refractivity contribution in [3.8, 4) is 0 Å². The summed E-state index contributed by atoms with van der Waals surface area (Å²) < 4.78 is 0. The molecule has 172 valence electrons. The van der Waals surface area contributed by atoms with E-state index in [2.05, 4.69) is 29.5 Å². The van der Waals surface area contributed by atoms with Crippen LogP contribution in [0.1, 0.15) is 46.5 Å². The number of amides is 4. The van der Waals surface area contributed by atoms with Crippen LogP contribution in [0.2, 0.25) is 0 Å². The summed E-state index contributed by atoms with van der Waals surface area (Å²) in [5.41, 5.74) is 1.32. The van der Waals surface area contributed by atoms with Gasteiger partial charge in [0.25, 0.3) is 0 Å². The second-order valence-electron chi connectivity index (χ2n) is 8.09. The molecule has 0 saturated carbocycles. The minimum Gasteiger partial charge on any atom is -0.325 e. The number of hydrogen-bond acceptors (Lipinski definition) is 4. The van der Waals surface area contributed by atoms with Crippen LogP contribution < -0.4 is 10.6 Å². The molecule has 1 aromatic rings. The SMILES string of the molecule is CCN(CCC=O)C(=O)Nc1ccc(NC(=O)N(CC)CCC2CCC(C)N2C)cc1. The predicted octanol–water partition coefficient (Wildman–Crippen LogP) is 3.86. The van der Waals surface area contributed by atoms with Gasteiger partial charge >= 0.3 is 12.1 Å². The second-order valence-corrected chi connectivity index (χ2v) is 8.09. The summed E-state index contributed by atoms with van der Waals surface area (Å²) in [6.45, 7) is 8.41. The first kappa shape index (κ1) is 24.7. The molecule has 4 amide bonds. The van der Waals surface area contributed by atoms with E-state index in [0.717, 1.165) is 19.3 Å². The standard InChI is InChI=1S/C23H37N5O3/c1-5-27(15-7-17-29)22(30)24-19-9-11-20(12-10-19)25-23(31)28(6-2)16-14-21-13-8-18(3)26(21)4/h9-12,17-18,21H,5-8,13-16H2,1-4H3,(H,24,30)(H,25,31). The molecule has 1 saturated heterocycles. The molecule has 8 nitrogen and oxygen atoms in total. The highest BCUT2D eigenvalue weighted by atomic mass is 16.2. The number of carbonyl (C=O) groups is 3. The molecule has 0 radical (unpaired) electrons. The fraction of sp³-hybridized carbons (Fsp3) is 0.609. The lowest BCUT2D eigenvalue weighted by atomic mass is 10.1. The van der Waals surface area contributed by atoms with Gasteiger partial charge in [0.2, 0.25) is 0 Å². The molecule has 0 aromatic heterocycles. The van der Waals surface area contributed by atoms with E-state index in [-0.39, 0.29) is 12.1 Å².